The number of carbonyl (C=O) groups is 1. The molecule has 0 spiro atoms. The zero-order valence-corrected chi connectivity index (χ0v) is 8.76. The third kappa shape index (κ3) is 5.28. The lowest BCUT2D eigenvalue weighted by molar-refractivity contribution is -0.0000218. The summed E-state index contributed by atoms with van der Waals surface area (Å²) in [4.78, 5) is 10.4. The van der Waals surface area contributed by atoms with Gasteiger partial charge in [0.15, 0.2) is 0 Å². The Morgan fingerprint density at radius 3 is 2.15 bits per heavy atom. The molecule has 0 saturated heterocycles. The highest BCUT2D eigenvalue weighted by Gasteiger charge is 2.30. The molecule has 3 nitrogen and oxygen atoms in total. The Labute approximate surface area is 79.4 Å². The molecule has 0 aromatic rings. The summed E-state index contributed by atoms with van der Waals surface area (Å²) in [5, 5.41) is 8.51. The van der Waals surface area contributed by atoms with Gasteiger partial charge in [-0.25, -0.2) is 4.79 Å². The van der Waals surface area contributed by atoms with E-state index in [4.69, 9.17) is 9.84 Å². The molecule has 0 aliphatic rings. The molecule has 0 amide bonds. The minimum atomic E-state index is -1.26. The standard InChI is InChI=1S/C10H18O3/c1-6-10(5,13-8(11)12)7-9(2,3)4/h6H,1,7H2,2-5H3,(H,11,12). The van der Waals surface area contributed by atoms with Gasteiger partial charge in [0.25, 0.3) is 0 Å². The van der Waals surface area contributed by atoms with Gasteiger partial charge in [-0.1, -0.05) is 27.4 Å². The predicted octanol–water partition coefficient (Wildman–Crippen LogP) is 3.06. The lowest BCUT2D eigenvalue weighted by Crippen LogP contribution is -2.33. The van der Waals surface area contributed by atoms with Gasteiger partial charge >= 0.3 is 6.16 Å². The van der Waals surface area contributed by atoms with Crippen LogP contribution in [-0.4, -0.2) is 16.9 Å². The van der Waals surface area contributed by atoms with Crippen molar-refractivity contribution >= 4 is 6.16 Å². The van der Waals surface area contributed by atoms with Crippen molar-refractivity contribution in [2.75, 3.05) is 0 Å². The second-order valence-corrected chi connectivity index (χ2v) is 4.62. The Hall–Kier alpha value is -0.990. The van der Waals surface area contributed by atoms with Crippen LogP contribution in [0.2, 0.25) is 0 Å². The van der Waals surface area contributed by atoms with E-state index in [1.807, 2.05) is 20.8 Å². The molecule has 13 heavy (non-hydrogen) atoms. The van der Waals surface area contributed by atoms with E-state index >= 15 is 0 Å². The topological polar surface area (TPSA) is 46.5 Å². The Morgan fingerprint density at radius 1 is 1.46 bits per heavy atom. The normalized spacial score (nSPS) is 16.0. The van der Waals surface area contributed by atoms with Crippen molar-refractivity contribution in [1.29, 1.82) is 0 Å². The van der Waals surface area contributed by atoms with E-state index in [1.165, 1.54) is 6.08 Å². The zero-order valence-electron chi connectivity index (χ0n) is 8.76. The smallest absolute Gasteiger partial charge is 0.450 e. The molecule has 1 atom stereocenters. The number of carboxylic acid groups (broad SMARTS) is 1. The molecule has 0 aliphatic heterocycles. The number of hydrogen-bond donors (Lipinski definition) is 1. The van der Waals surface area contributed by atoms with E-state index in [9.17, 15) is 4.79 Å². The number of rotatable bonds is 3. The van der Waals surface area contributed by atoms with Crippen LogP contribution in [0.4, 0.5) is 4.79 Å². The van der Waals surface area contributed by atoms with E-state index in [0.29, 0.717) is 6.42 Å². The first-order chi connectivity index (χ1) is 5.68. The first kappa shape index (κ1) is 12.0. The summed E-state index contributed by atoms with van der Waals surface area (Å²) in [5.74, 6) is 0. The molecule has 0 fully saturated rings. The van der Waals surface area contributed by atoms with Crippen LogP contribution in [0, 0.1) is 5.41 Å². The molecule has 0 aromatic carbocycles. The fourth-order valence-electron chi connectivity index (χ4n) is 1.40. The molecule has 0 radical (unpaired) electrons. The highest BCUT2D eigenvalue weighted by atomic mass is 16.7. The van der Waals surface area contributed by atoms with Gasteiger partial charge in [-0.2, -0.15) is 0 Å². The highest BCUT2D eigenvalue weighted by Crippen LogP contribution is 2.30. The Kier molecular flexibility index (Phi) is 3.52. The average Bonchev–Trinajstić information content (AvgIpc) is 1.81. The summed E-state index contributed by atoms with van der Waals surface area (Å²) in [5.41, 5.74) is -0.775. The maximum absolute atomic E-state index is 10.4. The molecule has 0 heterocycles. The maximum Gasteiger partial charge on any atom is 0.506 e. The van der Waals surface area contributed by atoms with Crippen molar-refractivity contribution in [3.8, 4) is 0 Å². The molecular formula is C10H18O3. The lowest BCUT2D eigenvalue weighted by Gasteiger charge is -2.31. The monoisotopic (exact) mass is 186 g/mol. The fraction of sp³-hybridized carbons (Fsp3) is 0.700. The van der Waals surface area contributed by atoms with Gasteiger partial charge in [0.1, 0.15) is 5.60 Å². The van der Waals surface area contributed by atoms with Crippen molar-refractivity contribution in [3.63, 3.8) is 0 Å². The zero-order chi connectivity index (χ0) is 10.7. The largest absolute Gasteiger partial charge is 0.506 e. The van der Waals surface area contributed by atoms with Crippen LogP contribution in [-0.2, 0) is 4.74 Å². The van der Waals surface area contributed by atoms with Crippen LogP contribution in [0.1, 0.15) is 34.1 Å². The van der Waals surface area contributed by atoms with Crippen molar-refractivity contribution < 1.29 is 14.6 Å². The minimum Gasteiger partial charge on any atom is -0.450 e. The average molecular weight is 186 g/mol. The van der Waals surface area contributed by atoms with Crippen molar-refractivity contribution in [1.82, 2.24) is 0 Å². The summed E-state index contributed by atoms with van der Waals surface area (Å²) < 4.78 is 4.76. The molecular weight excluding hydrogens is 168 g/mol. The van der Waals surface area contributed by atoms with Crippen molar-refractivity contribution in [2.45, 2.75) is 39.7 Å². The Balaban J connectivity index is 4.46. The van der Waals surface area contributed by atoms with Crippen LogP contribution in [0.5, 0.6) is 0 Å². The second-order valence-electron chi connectivity index (χ2n) is 4.62. The lowest BCUT2D eigenvalue weighted by atomic mass is 9.83. The molecule has 0 aromatic heterocycles. The summed E-state index contributed by atoms with van der Waals surface area (Å²) in [6.07, 6.45) is 0.897. The van der Waals surface area contributed by atoms with Gasteiger partial charge < -0.3 is 9.84 Å². The number of hydrogen-bond acceptors (Lipinski definition) is 2. The van der Waals surface area contributed by atoms with Gasteiger partial charge in [-0.15, -0.1) is 0 Å². The summed E-state index contributed by atoms with van der Waals surface area (Å²) in [6.45, 7) is 11.4. The van der Waals surface area contributed by atoms with E-state index in [-0.39, 0.29) is 5.41 Å². The van der Waals surface area contributed by atoms with Gasteiger partial charge in [0.05, 0.1) is 0 Å². The van der Waals surface area contributed by atoms with Gasteiger partial charge in [0.2, 0.25) is 0 Å². The molecule has 3 heteroatoms. The van der Waals surface area contributed by atoms with E-state index < -0.39 is 11.8 Å². The quantitative estimate of drug-likeness (QED) is 0.544. The minimum absolute atomic E-state index is 0.0123. The van der Waals surface area contributed by atoms with E-state index in [1.54, 1.807) is 6.92 Å². The first-order valence-corrected chi connectivity index (χ1v) is 4.24. The Bertz CT molecular complexity index is 203. The number of ether oxygens (including phenoxy) is 1. The SMILES string of the molecule is C=CC(C)(CC(C)(C)C)OC(=O)O. The summed E-state index contributed by atoms with van der Waals surface area (Å²) in [7, 11) is 0. The van der Waals surface area contributed by atoms with Gasteiger partial charge in [0, 0.05) is 0 Å². The predicted molar refractivity (Wildman–Crippen MR) is 51.8 cm³/mol. The maximum atomic E-state index is 10.4. The van der Waals surface area contributed by atoms with Gasteiger partial charge in [-0.3, -0.25) is 0 Å². The third-order valence-electron chi connectivity index (χ3n) is 1.63. The highest BCUT2D eigenvalue weighted by molar-refractivity contribution is 5.57. The molecule has 0 bridgehead atoms. The van der Waals surface area contributed by atoms with Gasteiger partial charge in [-0.05, 0) is 24.8 Å². The van der Waals surface area contributed by atoms with E-state index in [0.717, 1.165) is 0 Å². The first-order valence-electron chi connectivity index (χ1n) is 4.24. The summed E-state index contributed by atoms with van der Waals surface area (Å²) in [6, 6.07) is 0. The molecule has 1 unspecified atom stereocenters. The van der Waals surface area contributed by atoms with Crippen molar-refractivity contribution in [2.24, 2.45) is 5.41 Å². The second kappa shape index (κ2) is 3.81. The Morgan fingerprint density at radius 2 is 1.92 bits per heavy atom. The summed E-state index contributed by atoms with van der Waals surface area (Å²) >= 11 is 0. The molecule has 0 saturated carbocycles. The third-order valence-corrected chi connectivity index (χ3v) is 1.63. The molecule has 0 aliphatic carbocycles. The molecule has 1 N–H and O–H groups in total. The fourth-order valence-corrected chi connectivity index (χ4v) is 1.40. The van der Waals surface area contributed by atoms with E-state index in [2.05, 4.69) is 6.58 Å². The van der Waals surface area contributed by atoms with Crippen LogP contribution in [0.3, 0.4) is 0 Å². The van der Waals surface area contributed by atoms with Crippen LogP contribution in [0.25, 0.3) is 0 Å². The van der Waals surface area contributed by atoms with Crippen molar-refractivity contribution in [3.05, 3.63) is 12.7 Å². The van der Waals surface area contributed by atoms with Crippen LogP contribution >= 0.6 is 0 Å². The molecule has 76 valence electrons. The molecule has 0 rings (SSSR count). The van der Waals surface area contributed by atoms with Crippen LogP contribution in [0.15, 0.2) is 12.7 Å². The van der Waals surface area contributed by atoms with Crippen LogP contribution < -0.4 is 0 Å².